The summed E-state index contributed by atoms with van der Waals surface area (Å²) in [5, 5.41) is 0. The second kappa shape index (κ2) is 7.61. The highest BCUT2D eigenvalue weighted by atomic mass is 16.5. The van der Waals surface area contributed by atoms with Crippen molar-refractivity contribution in [1.82, 2.24) is 14.9 Å². The van der Waals surface area contributed by atoms with Crippen molar-refractivity contribution in [3.05, 3.63) is 24.0 Å². The maximum absolute atomic E-state index is 11.7. The van der Waals surface area contributed by atoms with Crippen LogP contribution in [0.25, 0.3) is 11.0 Å². The second-order valence-electron chi connectivity index (χ2n) is 7.19. The third-order valence-corrected chi connectivity index (χ3v) is 5.25. The third-order valence-electron chi connectivity index (χ3n) is 5.25. The monoisotopic (exact) mass is 366 g/mol. The molecule has 142 valence electrons. The van der Waals surface area contributed by atoms with Gasteiger partial charge in [-0.05, 0) is 44.9 Å². The number of imidazole rings is 1. The number of carbonyl (C=O) groups excluding carboxylic acids is 1. The van der Waals surface area contributed by atoms with Gasteiger partial charge in [0.25, 0.3) is 0 Å². The van der Waals surface area contributed by atoms with Crippen molar-refractivity contribution in [1.29, 1.82) is 0 Å². The molecule has 1 saturated carbocycles. The first kappa shape index (κ1) is 17.9. The number of aromatic nitrogens is 2. The minimum Gasteiger partial charge on any atom is -0.466 e. The Morgan fingerprint density at radius 3 is 2.96 bits per heavy atom. The number of H-pyrrole nitrogens is 1. The molecular weight excluding hydrogens is 340 g/mol. The molecule has 1 N–H and O–H groups in total. The Hall–Kier alpha value is -2.52. The first-order valence-electron chi connectivity index (χ1n) is 9.75. The van der Waals surface area contributed by atoms with Crippen LogP contribution in [0.3, 0.4) is 0 Å². The van der Waals surface area contributed by atoms with E-state index in [0.717, 1.165) is 36.7 Å². The van der Waals surface area contributed by atoms with Gasteiger partial charge in [0.1, 0.15) is 12.2 Å². The molecule has 6 heteroatoms. The van der Waals surface area contributed by atoms with Gasteiger partial charge < -0.3 is 14.6 Å². The number of nitrogens with zero attached hydrogens (tertiary/aromatic N) is 3. The number of hydrogen-bond donors (Lipinski definition) is 1. The molecule has 0 bridgehead atoms. The maximum Gasteiger partial charge on any atom is 0.313 e. The SMILES string of the molecule is CC#CC1CN(c2ccc3nc(CC(=O)OCC)[nH]c3c2)CCN1C1CC1. The van der Waals surface area contributed by atoms with E-state index in [0.29, 0.717) is 18.5 Å². The lowest BCUT2D eigenvalue weighted by atomic mass is 10.1. The van der Waals surface area contributed by atoms with Crippen molar-refractivity contribution in [3.63, 3.8) is 0 Å². The lowest BCUT2D eigenvalue weighted by Gasteiger charge is -2.40. The fourth-order valence-corrected chi connectivity index (χ4v) is 3.85. The molecule has 1 aliphatic carbocycles. The van der Waals surface area contributed by atoms with Crippen molar-refractivity contribution in [2.75, 3.05) is 31.1 Å². The summed E-state index contributed by atoms with van der Waals surface area (Å²) in [5.74, 6) is 6.89. The Labute approximate surface area is 159 Å². The molecule has 0 radical (unpaired) electrons. The van der Waals surface area contributed by atoms with E-state index in [9.17, 15) is 4.79 Å². The van der Waals surface area contributed by atoms with E-state index in [1.54, 1.807) is 0 Å². The molecule has 1 saturated heterocycles. The Balaban J connectivity index is 1.51. The summed E-state index contributed by atoms with van der Waals surface area (Å²) < 4.78 is 5.01. The number of piperazine rings is 1. The molecule has 6 nitrogen and oxygen atoms in total. The Morgan fingerprint density at radius 2 is 2.22 bits per heavy atom. The molecule has 1 aromatic carbocycles. The largest absolute Gasteiger partial charge is 0.466 e. The summed E-state index contributed by atoms with van der Waals surface area (Å²) in [6, 6.07) is 7.29. The van der Waals surface area contributed by atoms with E-state index in [2.05, 4.69) is 43.7 Å². The molecule has 1 aliphatic heterocycles. The summed E-state index contributed by atoms with van der Waals surface area (Å²) in [6.45, 7) is 7.10. The number of aromatic amines is 1. The van der Waals surface area contributed by atoms with Crippen LogP contribution in [0.1, 0.15) is 32.5 Å². The van der Waals surface area contributed by atoms with Gasteiger partial charge in [0, 0.05) is 31.4 Å². The molecule has 27 heavy (non-hydrogen) atoms. The van der Waals surface area contributed by atoms with E-state index >= 15 is 0 Å². The number of carbonyl (C=O) groups is 1. The van der Waals surface area contributed by atoms with E-state index in [-0.39, 0.29) is 12.4 Å². The average molecular weight is 366 g/mol. The molecule has 2 aromatic rings. The molecule has 1 aromatic heterocycles. The van der Waals surface area contributed by atoms with Crippen LogP contribution in [0, 0.1) is 11.8 Å². The van der Waals surface area contributed by atoms with Gasteiger partial charge in [0.15, 0.2) is 0 Å². The number of anilines is 1. The van der Waals surface area contributed by atoms with Gasteiger partial charge in [-0.3, -0.25) is 9.69 Å². The molecule has 2 fully saturated rings. The van der Waals surface area contributed by atoms with E-state index in [4.69, 9.17) is 4.74 Å². The molecule has 1 atom stereocenters. The zero-order chi connectivity index (χ0) is 18.8. The van der Waals surface area contributed by atoms with Crippen LogP contribution in [-0.4, -0.2) is 59.2 Å². The molecule has 0 amide bonds. The second-order valence-corrected chi connectivity index (χ2v) is 7.19. The number of rotatable bonds is 5. The van der Waals surface area contributed by atoms with Gasteiger partial charge in [-0.25, -0.2) is 4.98 Å². The summed E-state index contributed by atoms with van der Waals surface area (Å²) in [6.07, 6.45) is 2.79. The molecular formula is C21H26N4O2. The van der Waals surface area contributed by atoms with Crippen molar-refractivity contribution in [2.24, 2.45) is 0 Å². The molecule has 4 rings (SSSR count). The molecule has 2 aliphatic rings. The van der Waals surface area contributed by atoms with Crippen LogP contribution in [-0.2, 0) is 16.0 Å². The van der Waals surface area contributed by atoms with Crippen LogP contribution in [0.4, 0.5) is 5.69 Å². The van der Waals surface area contributed by atoms with Gasteiger partial charge in [0.05, 0.1) is 23.7 Å². The minimum absolute atomic E-state index is 0.173. The predicted molar refractivity (Wildman–Crippen MR) is 106 cm³/mol. The summed E-state index contributed by atoms with van der Waals surface area (Å²) in [7, 11) is 0. The molecule has 1 unspecified atom stereocenters. The van der Waals surface area contributed by atoms with Crippen LogP contribution in [0.5, 0.6) is 0 Å². The van der Waals surface area contributed by atoms with Gasteiger partial charge in [-0.2, -0.15) is 0 Å². The quantitative estimate of drug-likeness (QED) is 0.650. The van der Waals surface area contributed by atoms with Gasteiger partial charge >= 0.3 is 5.97 Å². The fourth-order valence-electron chi connectivity index (χ4n) is 3.85. The fraction of sp³-hybridized carbons (Fsp3) is 0.524. The van der Waals surface area contributed by atoms with Crippen LogP contribution >= 0.6 is 0 Å². The first-order valence-corrected chi connectivity index (χ1v) is 9.75. The number of esters is 1. The summed E-state index contributed by atoms with van der Waals surface area (Å²) >= 11 is 0. The highest BCUT2D eigenvalue weighted by molar-refractivity contribution is 5.81. The Bertz CT molecular complexity index is 890. The summed E-state index contributed by atoms with van der Waals surface area (Å²) in [4.78, 5) is 24.4. The number of ether oxygens (including phenoxy) is 1. The number of nitrogens with one attached hydrogen (secondary N) is 1. The van der Waals surface area contributed by atoms with Gasteiger partial charge in [-0.15, -0.1) is 5.92 Å². The minimum atomic E-state index is -0.256. The molecule has 0 spiro atoms. The standard InChI is InChI=1S/C21H26N4O2/c1-3-5-17-14-24(10-11-25(17)15-6-7-15)16-8-9-18-19(12-16)23-20(22-18)13-21(26)27-4-2/h8-9,12,15,17H,4,6-7,10-11,13-14H2,1-2H3,(H,22,23). The smallest absolute Gasteiger partial charge is 0.313 e. The number of benzene rings is 1. The van der Waals surface area contributed by atoms with Crippen molar-refractivity contribution < 1.29 is 9.53 Å². The normalized spacial score (nSPS) is 20.4. The predicted octanol–water partition coefficient (Wildman–Crippen LogP) is 2.34. The average Bonchev–Trinajstić information content (AvgIpc) is 3.41. The van der Waals surface area contributed by atoms with Crippen molar-refractivity contribution in [3.8, 4) is 11.8 Å². The number of hydrogen-bond acceptors (Lipinski definition) is 5. The highest BCUT2D eigenvalue weighted by Crippen LogP contribution is 2.31. The van der Waals surface area contributed by atoms with E-state index < -0.39 is 0 Å². The zero-order valence-corrected chi connectivity index (χ0v) is 16.0. The summed E-state index contributed by atoms with van der Waals surface area (Å²) in [5.41, 5.74) is 3.00. The topological polar surface area (TPSA) is 61.5 Å². The van der Waals surface area contributed by atoms with Crippen LogP contribution in [0.15, 0.2) is 18.2 Å². The van der Waals surface area contributed by atoms with E-state index in [1.807, 2.05) is 19.9 Å². The van der Waals surface area contributed by atoms with Gasteiger partial charge in [-0.1, -0.05) is 5.92 Å². The van der Waals surface area contributed by atoms with Gasteiger partial charge in [0.2, 0.25) is 0 Å². The van der Waals surface area contributed by atoms with Crippen LogP contribution in [0.2, 0.25) is 0 Å². The zero-order valence-electron chi connectivity index (χ0n) is 16.0. The van der Waals surface area contributed by atoms with Crippen molar-refractivity contribution in [2.45, 2.75) is 45.2 Å². The highest BCUT2D eigenvalue weighted by Gasteiger charge is 2.36. The Morgan fingerprint density at radius 1 is 1.37 bits per heavy atom. The van der Waals surface area contributed by atoms with E-state index in [1.165, 1.54) is 18.5 Å². The first-order chi connectivity index (χ1) is 13.2. The Kier molecular flexibility index (Phi) is 5.04. The van der Waals surface area contributed by atoms with Crippen LogP contribution < -0.4 is 4.90 Å². The lowest BCUT2D eigenvalue weighted by Crippen LogP contribution is -2.53. The third kappa shape index (κ3) is 3.93. The maximum atomic E-state index is 11.7. The molecule has 2 heterocycles. The lowest BCUT2D eigenvalue weighted by molar-refractivity contribution is -0.142. The number of fused-ring (bicyclic) bond motifs is 1. The van der Waals surface area contributed by atoms with Crippen molar-refractivity contribution >= 4 is 22.7 Å².